The Morgan fingerprint density at radius 1 is 1.15 bits per heavy atom. The topological polar surface area (TPSA) is 26.5 Å². The first-order valence-corrected chi connectivity index (χ1v) is 11.3. The van der Waals surface area contributed by atoms with Gasteiger partial charge in [0.1, 0.15) is 23.9 Å². The minimum absolute atomic E-state index is 0.100. The SMILES string of the molecule is Cc1cc(OCc2c(F)cccc2F)c2nc(C)c(C#CS(C)(C)C)n2c1. The van der Waals surface area contributed by atoms with Crippen LogP contribution in [0.3, 0.4) is 0 Å². The summed E-state index contributed by atoms with van der Waals surface area (Å²) >= 11 is 0. The standard InChI is InChI=1S/C21H22F2N2OS/c1-14-11-20(26-13-16-17(22)7-6-8-18(16)23)21-24-15(2)19(25(21)12-14)9-10-27(3,4)5/h6-8,11-12H,13H2,1-5H3. The van der Waals surface area contributed by atoms with Crippen LogP contribution < -0.4 is 4.74 Å². The molecule has 0 aliphatic heterocycles. The van der Waals surface area contributed by atoms with Crippen LogP contribution in [-0.2, 0) is 6.61 Å². The summed E-state index contributed by atoms with van der Waals surface area (Å²) in [5, 5.41) is 3.30. The van der Waals surface area contributed by atoms with Crippen molar-refractivity contribution in [2.24, 2.45) is 0 Å². The Morgan fingerprint density at radius 3 is 2.44 bits per heavy atom. The fourth-order valence-electron chi connectivity index (χ4n) is 2.64. The van der Waals surface area contributed by atoms with Crippen molar-refractivity contribution in [3.8, 4) is 16.9 Å². The summed E-state index contributed by atoms with van der Waals surface area (Å²) in [6.45, 7) is 3.61. The number of aromatic nitrogens is 2. The molecule has 3 rings (SSSR count). The van der Waals surface area contributed by atoms with E-state index in [1.165, 1.54) is 18.2 Å². The number of benzene rings is 1. The van der Waals surface area contributed by atoms with Gasteiger partial charge in [0.15, 0.2) is 11.4 Å². The quantitative estimate of drug-likeness (QED) is 0.602. The molecule has 2 heterocycles. The van der Waals surface area contributed by atoms with E-state index in [2.05, 4.69) is 34.9 Å². The van der Waals surface area contributed by atoms with E-state index in [9.17, 15) is 8.78 Å². The molecular weight excluding hydrogens is 366 g/mol. The highest BCUT2D eigenvalue weighted by Gasteiger charge is 2.15. The van der Waals surface area contributed by atoms with Gasteiger partial charge in [0, 0.05) is 6.20 Å². The van der Waals surface area contributed by atoms with E-state index < -0.39 is 21.7 Å². The Bertz CT molecular complexity index is 1050. The molecule has 0 atom stereocenters. The zero-order chi connectivity index (χ0) is 19.8. The number of nitrogens with zero attached hydrogens (tertiary/aromatic N) is 2. The molecule has 0 unspecified atom stereocenters. The van der Waals surface area contributed by atoms with Crippen LogP contribution in [0.4, 0.5) is 8.78 Å². The molecular formula is C21H22F2N2OS. The number of hydrogen-bond acceptors (Lipinski definition) is 2. The second-order valence-corrected chi connectivity index (χ2v) is 11.1. The fourth-order valence-corrected chi connectivity index (χ4v) is 3.04. The Hall–Kier alpha value is -2.52. The number of halogens is 2. The van der Waals surface area contributed by atoms with Crippen molar-refractivity contribution in [3.63, 3.8) is 0 Å². The number of ether oxygens (including phenoxy) is 1. The summed E-state index contributed by atoms with van der Waals surface area (Å²) in [7, 11) is -0.978. The predicted octanol–water partition coefficient (Wildman–Crippen LogP) is 4.81. The molecule has 1 aromatic carbocycles. The van der Waals surface area contributed by atoms with Gasteiger partial charge in [-0.2, -0.15) is 10.0 Å². The lowest BCUT2D eigenvalue weighted by molar-refractivity contribution is 0.294. The summed E-state index contributed by atoms with van der Waals surface area (Å²) in [6, 6.07) is 5.58. The van der Waals surface area contributed by atoms with Crippen LogP contribution >= 0.6 is 10.0 Å². The lowest BCUT2D eigenvalue weighted by Gasteiger charge is -2.14. The van der Waals surface area contributed by atoms with E-state index in [1.807, 2.05) is 30.5 Å². The van der Waals surface area contributed by atoms with Crippen LogP contribution in [-0.4, -0.2) is 28.2 Å². The van der Waals surface area contributed by atoms with Crippen molar-refractivity contribution >= 4 is 15.7 Å². The normalized spacial score (nSPS) is 12.0. The van der Waals surface area contributed by atoms with Crippen molar-refractivity contribution < 1.29 is 13.5 Å². The monoisotopic (exact) mass is 388 g/mol. The second kappa shape index (κ2) is 7.24. The fraction of sp³-hybridized carbons (Fsp3) is 0.286. The molecule has 0 aliphatic carbocycles. The number of aryl methyl sites for hydroxylation is 2. The molecule has 2 aromatic heterocycles. The van der Waals surface area contributed by atoms with Crippen LogP contribution in [0.2, 0.25) is 0 Å². The Kier molecular flexibility index (Phi) is 5.16. The van der Waals surface area contributed by atoms with Gasteiger partial charge >= 0.3 is 0 Å². The molecule has 0 fully saturated rings. The number of fused-ring (bicyclic) bond motifs is 1. The van der Waals surface area contributed by atoms with Crippen LogP contribution in [0.25, 0.3) is 5.65 Å². The average Bonchev–Trinajstić information content (AvgIpc) is 2.87. The Labute approximate surface area is 159 Å². The Balaban J connectivity index is 2.03. The van der Waals surface area contributed by atoms with Crippen LogP contribution in [0, 0.1) is 36.7 Å². The van der Waals surface area contributed by atoms with Gasteiger partial charge in [0.2, 0.25) is 0 Å². The van der Waals surface area contributed by atoms with E-state index in [1.54, 1.807) is 0 Å². The average molecular weight is 388 g/mol. The van der Waals surface area contributed by atoms with Crippen LogP contribution in [0.1, 0.15) is 22.5 Å². The number of pyridine rings is 1. The molecule has 142 valence electrons. The number of hydrogen-bond donors (Lipinski definition) is 0. The lowest BCUT2D eigenvalue weighted by atomic mass is 10.2. The molecule has 0 N–H and O–H groups in total. The smallest absolute Gasteiger partial charge is 0.180 e. The molecule has 0 saturated carbocycles. The maximum absolute atomic E-state index is 13.9. The first-order chi connectivity index (χ1) is 12.7. The zero-order valence-corrected chi connectivity index (χ0v) is 16.9. The highest BCUT2D eigenvalue weighted by Crippen LogP contribution is 2.33. The third-order valence-corrected chi connectivity index (χ3v) is 4.62. The van der Waals surface area contributed by atoms with E-state index in [4.69, 9.17) is 4.74 Å². The molecule has 0 spiro atoms. The Morgan fingerprint density at radius 2 is 1.81 bits per heavy atom. The van der Waals surface area contributed by atoms with Gasteiger partial charge in [-0.15, -0.1) is 0 Å². The minimum atomic E-state index is -0.978. The molecule has 0 bridgehead atoms. The minimum Gasteiger partial charge on any atom is -0.485 e. The highest BCUT2D eigenvalue weighted by molar-refractivity contribution is 8.35. The number of imidazole rings is 1. The predicted molar refractivity (Wildman–Crippen MR) is 108 cm³/mol. The van der Waals surface area contributed by atoms with Crippen molar-refractivity contribution in [3.05, 3.63) is 64.6 Å². The van der Waals surface area contributed by atoms with Gasteiger partial charge in [0.05, 0.1) is 11.3 Å². The molecule has 3 nitrogen and oxygen atoms in total. The molecule has 0 radical (unpaired) electrons. The summed E-state index contributed by atoms with van der Waals surface area (Å²) in [5.41, 5.74) is 3.02. The van der Waals surface area contributed by atoms with Crippen LogP contribution in [0.15, 0.2) is 30.5 Å². The van der Waals surface area contributed by atoms with Gasteiger partial charge in [-0.05, 0) is 67.6 Å². The van der Waals surface area contributed by atoms with Gasteiger partial charge < -0.3 is 4.74 Å². The zero-order valence-electron chi connectivity index (χ0n) is 16.1. The van der Waals surface area contributed by atoms with Crippen LogP contribution in [0.5, 0.6) is 5.75 Å². The van der Waals surface area contributed by atoms with Crippen molar-refractivity contribution in [1.82, 2.24) is 9.38 Å². The van der Waals surface area contributed by atoms with Gasteiger partial charge in [0.25, 0.3) is 0 Å². The van der Waals surface area contributed by atoms with Crippen molar-refractivity contribution in [1.29, 1.82) is 0 Å². The van der Waals surface area contributed by atoms with Gasteiger partial charge in [-0.25, -0.2) is 13.8 Å². The van der Waals surface area contributed by atoms with E-state index in [0.29, 0.717) is 11.4 Å². The summed E-state index contributed by atoms with van der Waals surface area (Å²) in [6.07, 6.45) is 8.32. The van der Waals surface area contributed by atoms with Gasteiger partial charge in [-0.1, -0.05) is 6.07 Å². The van der Waals surface area contributed by atoms with Crippen molar-refractivity contribution in [2.45, 2.75) is 20.5 Å². The molecule has 0 aliphatic rings. The summed E-state index contributed by atoms with van der Waals surface area (Å²) in [5.74, 6) is 2.45. The molecule has 6 heteroatoms. The van der Waals surface area contributed by atoms with E-state index in [0.717, 1.165) is 17.0 Å². The third-order valence-electron chi connectivity index (χ3n) is 3.91. The first kappa shape index (κ1) is 19.2. The highest BCUT2D eigenvalue weighted by atomic mass is 32.3. The largest absolute Gasteiger partial charge is 0.485 e. The molecule has 27 heavy (non-hydrogen) atoms. The lowest BCUT2D eigenvalue weighted by Crippen LogP contribution is -2.03. The van der Waals surface area contributed by atoms with Crippen molar-refractivity contribution in [2.75, 3.05) is 18.8 Å². The summed E-state index contributed by atoms with van der Waals surface area (Å²) in [4.78, 5) is 4.57. The maximum Gasteiger partial charge on any atom is 0.180 e. The van der Waals surface area contributed by atoms with E-state index in [-0.39, 0.29) is 12.2 Å². The second-order valence-electron chi connectivity index (χ2n) is 7.17. The molecule has 0 saturated heterocycles. The number of rotatable bonds is 3. The maximum atomic E-state index is 13.9. The summed E-state index contributed by atoms with van der Waals surface area (Å²) < 4.78 is 35.4. The molecule has 0 amide bonds. The van der Waals surface area contributed by atoms with E-state index >= 15 is 0 Å². The first-order valence-electron chi connectivity index (χ1n) is 8.42. The van der Waals surface area contributed by atoms with Gasteiger partial charge in [-0.3, -0.25) is 4.40 Å². The molecule has 3 aromatic rings. The third kappa shape index (κ3) is 4.25.